The summed E-state index contributed by atoms with van der Waals surface area (Å²) in [4.78, 5) is 52.1. The number of hydrogen-bond donors (Lipinski definition) is 6. The van der Waals surface area contributed by atoms with Crippen molar-refractivity contribution in [3.63, 3.8) is 0 Å². The van der Waals surface area contributed by atoms with E-state index in [2.05, 4.69) is 31.2 Å². The van der Waals surface area contributed by atoms with Crippen LogP contribution in [0.5, 0.6) is 23.3 Å². The molecule has 4 heterocycles. The van der Waals surface area contributed by atoms with Crippen molar-refractivity contribution >= 4 is 57.2 Å². The number of aromatic amines is 2. The molecule has 2 saturated carbocycles. The lowest BCUT2D eigenvalue weighted by atomic mass is 10.0. The van der Waals surface area contributed by atoms with Crippen LogP contribution in [0.2, 0.25) is 0 Å². The highest BCUT2D eigenvalue weighted by Gasteiger charge is 2.32. The minimum Gasteiger partial charge on any atom is -0.495 e. The maximum absolute atomic E-state index is 13.8. The average molecular weight is 931 g/mol. The van der Waals surface area contributed by atoms with Crippen molar-refractivity contribution in [1.82, 2.24) is 40.5 Å². The van der Waals surface area contributed by atoms with Gasteiger partial charge in [-0.2, -0.15) is 19.9 Å². The van der Waals surface area contributed by atoms with Crippen LogP contribution >= 0.6 is 0 Å². The third-order valence-corrected chi connectivity index (χ3v) is 12.8. The normalized spacial score (nSPS) is 15.8. The molecule has 16 nitrogen and oxygen atoms in total. The molecule has 0 radical (unpaired) electrons. The van der Waals surface area contributed by atoms with E-state index in [4.69, 9.17) is 38.9 Å². The molecule has 69 heavy (non-hydrogen) atoms. The van der Waals surface area contributed by atoms with Crippen LogP contribution in [-0.4, -0.2) is 81.7 Å². The molecule has 2 aliphatic rings. The second-order valence-corrected chi connectivity index (χ2v) is 17.2. The highest BCUT2D eigenvalue weighted by Crippen LogP contribution is 2.40. The number of anilines is 4. The number of nitrogens with zero attached hydrogens (tertiary/aromatic N) is 4. The number of benzene rings is 4. The number of hydrogen-bond acceptors (Lipinski definition) is 12. The first-order valence-electron chi connectivity index (χ1n) is 23.1. The molecule has 2 aliphatic carbocycles. The summed E-state index contributed by atoms with van der Waals surface area (Å²) in [6, 6.07) is 26.5. The molecule has 8 aromatic rings. The number of aromatic nitrogens is 6. The maximum Gasteiger partial charge on any atom is 0.251 e. The Kier molecular flexibility index (Phi) is 12.6. The van der Waals surface area contributed by atoms with Crippen LogP contribution in [0, 0.1) is 11.7 Å². The Morgan fingerprint density at radius 2 is 1.22 bits per heavy atom. The number of carbonyl (C=O) groups excluding carboxylic acids is 2. The molecular formula is C52H51FN10O6. The summed E-state index contributed by atoms with van der Waals surface area (Å²) in [6.45, 7) is 0.367. The molecule has 0 bridgehead atoms. The number of ether oxygens (including phenoxy) is 4. The Morgan fingerprint density at radius 3 is 1.80 bits per heavy atom. The van der Waals surface area contributed by atoms with Crippen molar-refractivity contribution in [3.05, 3.63) is 120 Å². The molecule has 0 spiro atoms. The van der Waals surface area contributed by atoms with Gasteiger partial charge >= 0.3 is 0 Å². The van der Waals surface area contributed by atoms with Crippen molar-refractivity contribution in [2.24, 2.45) is 5.92 Å². The Hall–Kier alpha value is -8.21. The van der Waals surface area contributed by atoms with Crippen LogP contribution in [0.3, 0.4) is 0 Å². The quantitative estimate of drug-likeness (QED) is 0.0536. The van der Waals surface area contributed by atoms with Gasteiger partial charge in [0, 0.05) is 54.2 Å². The minimum atomic E-state index is -0.318. The number of H-pyrrole nitrogens is 2. The third kappa shape index (κ3) is 9.39. The van der Waals surface area contributed by atoms with Gasteiger partial charge in [-0.3, -0.25) is 9.59 Å². The van der Waals surface area contributed by atoms with Gasteiger partial charge in [-0.15, -0.1) is 0 Å². The fraction of sp³-hybridized carbons (Fsp3) is 0.269. The first-order chi connectivity index (χ1) is 33.7. The summed E-state index contributed by atoms with van der Waals surface area (Å²) in [5.41, 5.74) is 6.58. The van der Waals surface area contributed by atoms with Crippen molar-refractivity contribution < 1.29 is 32.9 Å². The molecule has 2 unspecified atom stereocenters. The van der Waals surface area contributed by atoms with Crippen LogP contribution in [0.4, 0.5) is 27.7 Å². The van der Waals surface area contributed by atoms with Gasteiger partial charge in [0.2, 0.25) is 23.7 Å². The average Bonchev–Trinajstić information content (AvgIpc) is 4.22. The number of carbonyl (C=O) groups is 2. The summed E-state index contributed by atoms with van der Waals surface area (Å²) in [5.74, 6) is 1.39. The predicted octanol–water partition coefficient (Wildman–Crippen LogP) is 9.87. The molecule has 0 aliphatic heterocycles. The molecule has 352 valence electrons. The van der Waals surface area contributed by atoms with Crippen LogP contribution < -0.4 is 40.2 Å². The SMILES string of the molecule is CNC(=O)c1ccc(Nc2nc(OC3CCCC3CNC(=O)c3ccc(Nc4nc(OC5CCCC5)c5c(-c6ccc(F)cc6)c[nH]c5n4)c(OC)c3)c3c(-c4ccccc4)c[nH]c3n2)c(OC)c1. The van der Waals surface area contributed by atoms with Gasteiger partial charge in [0.05, 0.1) is 36.4 Å². The van der Waals surface area contributed by atoms with Crippen molar-refractivity contribution in [2.45, 2.75) is 57.2 Å². The first kappa shape index (κ1) is 44.6. The molecular weight excluding hydrogens is 880 g/mol. The lowest BCUT2D eigenvalue weighted by Crippen LogP contribution is -2.34. The molecule has 17 heteroatoms. The zero-order chi connectivity index (χ0) is 47.4. The number of nitrogens with one attached hydrogen (secondary N) is 6. The van der Waals surface area contributed by atoms with Gasteiger partial charge in [0.25, 0.3) is 11.8 Å². The Balaban J connectivity index is 0.864. The van der Waals surface area contributed by atoms with Gasteiger partial charge in [-0.1, -0.05) is 42.5 Å². The monoisotopic (exact) mass is 930 g/mol. The molecule has 10 rings (SSSR count). The van der Waals surface area contributed by atoms with E-state index in [9.17, 15) is 14.0 Å². The smallest absolute Gasteiger partial charge is 0.251 e. The highest BCUT2D eigenvalue weighted by atomic mass is 19.1. The summed E-state index contributed by atoms with van der Waals surface area (Å²) < 4.78 is 38.6. The summed E-state index contributed by atoms with van der Waals surface area (Å²) in [6.07, 6.45) is 10.0. The highest BCUT2D eigenvalue weighted by molar-refractivity contribution is 6.00. The number of amides is 2. The molecule has 2 amide bonds. The minimum absolute atomic E-state index is 0.0149. The molecule has 2 atom stereocenters. The maximum atomic E-state index is 13.8. The molecule has 4 aromatic carbocycles. The second-order valence-electron chi connectivity index (χ2n) is 17.2. The zero-order valence-corrected chi connectivity index (χ0v) is 38.3. The predicted molar refractivity (Wildman–Crippen MR) is 262 cm³/mol. The van der Waals surface area contributed by atoms with E-state index in [1.807, 2.05) is 42.7 Å². The topological polar surface area (TPSA) is 202 Å². The van der Waals surface area contributed by atoms with Crippen LogP contribution in [0.15, 0.2) is 103 Å². The van der Waals surface area contributed by atoms with Gasteiger partial charge in [-0.05, 0) is 105 Å². The van der Waals surface area contributed by atoms with Crippen molar-refractivity contribution in [3.8, 4) is 45.5 Å². The fourth-order valence-electron chi connectivity index (χ4n) is 9.27. The standard InChI is InChI=1S/C52H51FN10O6/c1-54-47(64)31-18-22-38(41(24-31)66-2)59-52-61-46-44(36(27-55-46)29-10-5-4-6-11-29)50(63-52)69-40-15-9-12-33(40)26-57-48(65)32-19-23-39(42(25-32)67-3)58-51-60-45-43(49(62-51)68-35-13-7-8-14-35)37(28-56-45)30-16-20-34(53)21-17-30/h4-6,10-11,16-25,27-28,33,35,40H,7-9,12-15,26H2,1-3H3,(H,54,64)(H,57,65)(H2,55,59,61,63)(H2,56,58,60,62). The molecule has 0 saturated heterocycles. The van der Waals surface area contributed by atoms with Crippen molar-refractivity contribution in [1.29, 1.82) is 0 Å². The van der Waals surface area contributed by atoms with Crippen LogP contribution in [0.1, 0.15) is 65.7 Å². The molecule has 4 aromatic heterocycles. The summed E-state index contributed by atoms with van der Waals surface area (Å²) in [5, 5.41) is 13.8. The Morgan fingerprint density at radius 1 is 0.652 bits per heavy atom. The number of rotatable bonds is 16. The molecule has 2 fully saturated rings. The number of halogens is 1. The van der Waals surface area contributed by atoms with E-state index in [0.717, 1.165) is 72.6 Å². The summed E-state index contributed by atoms with van der Waals surface area (Å²) in [7, 11) is 4.65. The van der Waals surface area contributed by atoms with E-state index in [1.165, 1.54) is 19.2 Å². The number of methoxy groups -OCH3 is 2. The van der Waals surface area contributed by atoms with E-state index in [0.29, 0.717) is 69.0 Å². The largest absolute Gasteiger partial charge is 0.495 e. The second kappa shape index (κ2) is 19.6. The van der Waals surface area contributed by atoms with E-state index in [-0.39, 0.29) is 47.7 Å². The van der Waals surface area contributed by atoms with Crippen LogP contribution in [-0.2, 0) is 0 Å². The zero-order valence-electron chi connectivity index (χ0n) is 38.3. The molecule has 6 N–H and O–H groups in total. The Labute approximate surface area is 396 Å². The lowest BCUT2D eigenvalue weighted by Gasteiger charge is -2.22. The van der Waals surface area contributed by atoms with Crippen LogP contribution in [0.25, 0.3) is 44.3 Å². The fourth-order valence-corrected chi connectivity index (χ4v) is 9.27. The van der Waals surface area contributed by atoms with E-state index in [1.54, 1.807) is 62.7 Å². The van der Waals surface area contributed by atoms with E-state index >= 15 is 0 Å². The third-order valence-electron chi connectivity index (χ3n) is 12.8. The van der Waals surface area contributed by atoms with Gasteiger partial charge < -0.3 is 50.2 Å². The number of fused-ring (bicyclic) bond motifs is 2. The van der Waals surface area contributed by atoms with Crippen molar-refractivity contribution in [2.75, 3.05) is 38.4 Å². The lowest BCUT2D eigenvalue weighted by molar-refractivity contribution is 0.0926. The Bertz CT molecular complexity index is 3150. The van der Waals surface area contributed by atoms with Gasteiger partial charge in [0.15, 0.2) is 0 Å². The van der Waals surface area contributed by atoms with Gasteiger partial charge in [0.1, 0.15) is 40.8 Å². The van der Waals surface area contributed by atoms with Gasteiger partial charge in [-0.25, -0.2) is 4.39 Å². The summed E-state index contributed by atoms with van der Waals surface area (Å²) >= 11 is 0. The first-order valence-corrected chi connectivity index (χ1v) is 23.1. The van der Waals surface area contributed by atoms with E-state index < -0.39 is 0 Å².